The SMILES string of the molecule is OCc1cc(/N=N/c2cccc(C(F)(F)F)c2)ccc1O. The number of benzene rings is 2. The van der Waals surface area contributed by atoms with Crippen molar-refractivity contribution in [2.75, 3.05) is 0 Å². The van der Waals surface area contributed by atoms with Crippen LogP contribution in [-0.4, -0.2) is 10.2 Å². The molecule has 0 bridgehead atoms. The molecule has 2 rings (SSSR count). The Labute approximate surface area is 118 Å². The highest BCUT2D eigenvalue weighted by Gasteiger charge is 2.30. The first-order valence-corrected chi connectivity index (χ1v) is 5.92. The molecule has 2 N–H and O–H groups in total. The second-order valence-electron chi connectivity index (χ2n) is 4.22. The Kier molecular flexibility index (Phi) is 4.23. The number of aromatic hydroxyl groups is 1. The van der Waals surface area contributed by atoms with Crippen LogP contribution in [0.2, 0.25) is 0 Å². The van der Waals surface area contributed by atoms with Crippen LogP contribution in [0, 0.1) is 0 Å². The fourth-order valence-corrected chi connectivity index (χ4v) is 1.62. The minimum absolute atomic E-state index is 0.0587. The molecule has 21 heavy (non-hydrogen) atoms. The maximum Gasteiger partial charge on any atom is 0.416 e. The molecule has 0 aliphatic heterocycles. The molecule has 2 aromatic carbocycles. The van der Waals surface area contributed by atoms with E-state index in [-0.39, 0.29) is 23.6 Å². The third-order valence-electron chi connectivity index (χ3n) is 2.69. The summed E-state index contributed by atoms with van der Waals surface area (Å²) in [6.45, 7) is -0.376. The molecule has 0 saturated carbocycles. The molecule has 0 aliphatic rings. The number of alkyl halides is 3. The fourth-order valence-electron chi connectivity index (χ4n) is 1.62. The number of rotatable bonds is 3. The monoisotopic (exact) mass is 296 g/mol. The summed E-state index contributed by atoms with van der Waals surface area (Å²) in [5.41, 5.74) is -0.172. The average molecular weight is 296 g/mol. The molecule has 0 atom stereocenters. The molecule has 2 aromatic rings. The lowest BCUT2D eigenvalue weighted by atomic mass is 10.2. The Bertz CT molecular complexity index is 670. The van der Waals surface area contributed by atoms with Gasteiger partial charge in [0.25, 0.3) is 0 Å². The van der Waals surface area contributed by atoms with Gasteiger partial charge in [-0.2, -0.15) is 23.4 Å². The molecule has 110 valence electrons. The lowest BCUT2D eigenvalue weighted by Crippen LogP contribution is -2.03. The molecule has 0 saturated heterocycles. The first-order chi connectivity index (χ1) is 9.90. The largest absolute Gasteiger partial charge is 0.508 e. The normalized spacial score (nSPS) is 12.0. The highest BCUT2D eigenvalue weighted by molar-refractivity contribution is 5.47. The third kappa shape index (κ3) is 3.79. The number of hydrogen-bond donors (Lipinski definition) is 2. The van der Waals surface area contributed by atoms with E-state index in [0.717, 1.165) is 12.1 Å². The van der Waals surface area contributed by atoms with E-state index in [9.17, 15) is 18.3 Å². The van der Waals surface area contributed by atoms with Crippen molar-refractivity contribution in [1.29, 1.82) is 0 Å². The molecule has 4 nitrogen and oxygen atoms in total. The van der Waals surface area contributed by atoms with Crippen molar-refractivity contribution >= 4 is 11.4 Å². The molecule has 0 aliphatic carbocycles. The van der Waals surface area contributed by atoms with Gasteiger partial charge in [0.2, 0.25) is 0 Å². The van der Waals surface area contributed by atoms with E-state index in [1.54, 1.807) is 0 Å². The number of hydrogen-bond acceptors (Lipinski definition) is 4. The van der Waals surface area contributed by atoms with Gasteiger partial charge in [-0.3, -0.25) is 0 Å². The predicted molar refractivity (Wildman–Crippen MR) is 69.6 cm³/mol. The summed E-state index contributed by atoms with van der Waals surface area (Å²) in [5.74, 6) is -0.0875. The topological polar surface area (TPSA) is 65.2 Å². The summed E-state index contributed by atoms with van der Waals surface area (Å²) < 4.78 is 37.6. The predicted octanol–water partition coefficient (Wildman–Crippen LogP) is 4.32. The number of aliphatic hydroxyl groups is 1. The average Bonchev–Trinajstić information content (AvgIpc) is 2.46. The van der Waals surface area contributed by atoms with Crippen molar-refractivity contribution in [3.05, 3.63) is 53.6 Å². The number of halogens is 3. The first kappa shape index (κ1) is 15.0. The molecular formula is C14H11F3N2O2. The summed E-state index contributed by atoms with van der Waals surface area (Å²) >= 11 is 0. The van der Waals surface area contributed by atoms with Gasteiger partial charge < -0.3 is 10.2 Å². The molecule has 0 fully saturated rings. The molecule has 0 radical (unpaired) electrons. The van der Waals surface area contributed by atoms with E-state index in [0.29, 0.717) is 5.69 Å². The Morgan fingerprint density at radius 1 is 0.952 bits per heavy atom. The minimum atomic E-state index is -4.44. The van der Waals surface area contributed by atoms with Crippen molar-refractivity contribution in [3.63, 3.8) is 0 Å². The standard InChI is InChI=1S/C14H11F3N2O2/c15-14(16,17)10-2-1-3-11(7-10)18-19-12-4-5-13(21)9(6-12)8-20/h1-7,20-21H,8H2/b19-18+. The van der Waals surface area contributed by atoms with Gasteiger partial charge in [0, 0.05) is 5.56 Å². The molecule has 0 amide bonds. The van der Waals surface area contributed by atoms with E-state index >= 15 is 0 Å². The lowest BCUT2D eigenvalue weighted by molar-refractivity contribution is -0.137. The van der Waals surface area contributed by atoms with Gasteiger partial charge >= 0.3 is 6.18 Å². The molecule has 7 heteroatoms. The zero-order chi connectivity index (χ0) is 15.5. The number of azo groups is 1. The lowest BCUT2D eigenvalue weighted by Gasteiger charge is -2.06. The van der Waals surface area contributed by atoms with Crippen LogP contribution >= 0.6 is 0 Å². The Hall–Kier alpha value is -2.41. The molecule has 0 heterocycles. The van der Waals surface area contributed by atoms with E-state index in [1.165, 1.54) is 30.3 Å². The van der Waals surface area contributed by atoms with Crippen molar-refractivity contribution in [1.82, 2.24) is 0 Å². The molecule has 0 spiro atoms. The second-order valence-corrected chi connectivity index (χ2v) is 4.22. The van der Waals surface area contributed by atoms with Crippen LogP contribution in [-0.2, 0) is 12.8 Å². The van der Waals surface area contributed by atoms with Crippen LogP contribution in [0.4, 0.5) is 24.5 Å². The van der Waals surface area contributed by atoms with E-state index < -0.39 is 11.7 Å². The van der Waals surface area contributed by atoms with Crippen LogP contribution < -0.4 is 0 Å². The summed E-state index contributed by atoms with van der Waals surface area (Å²) in [6.07, 6.45) is -4.44. The zero-order valence-corrected chi connectivity index (χ0v) is 10.7. The van der Waals surface area contributed by atoms with E-state index in [1.807, 2.05) is 0 Å². The number of nitrogens with zero attached hydrogens (tertiary/aromatic N) is 2. The third-order valence-corrected chi connectivity index (χ3v) is 2.69. The van der Waals surface area contributed by atoms with Gasteiger partial charge in [0.15, 0.2) is 0 Å². The van der Waals surface area contributed by atoms with E-state index in [2.05, 4.69) is 10.2 Å². The van der Waals surface area contributed by atoms with Crippen molar-refractivity contribution in [2.24, 2.45) is 10.2 Å². The van der Waals surface area contributed by atoms with Gasteiger partial charge in [-0.1, -0.05) is 6.07 Å². The van der Waals surface area contributed by atoms with Crippen molar-refractivity contribution in [2.45, 2.75) is 12.8 Å². The van der Waals surface area contributed by atoms with Gasteiger partial charge in [0.1, 0.15) is 5.75 Å². The van der Waals surface area contributed by atoms with Crippen LogP contribution in [0.15, 0.2) is 52.7 Å². The van der Waals surface area contributed by atoms with Crippen LogP contribution in [0.25, 0.3) is 0 Å². The van der Waals surface area contributed by atoms with Crippen LogP contribution in [0.5, 0.6) is 5.75 Å². The van der Waals surface area contributed by atoms with Gasteiger partial charge in [-0.25, -0.2) is 0 Å². The van der Waals surface area contributed by atoms with E-state index in [4.69, 9.17) is 5.11 Å². The second kappa shape index (κ2) is 5.92. The van der Waals surface area contributed by atoms with Gasteiger partial charge in [0.05, 0.1) is 23.5 Å². The summed E-state index contributed by atoms with van der Waals surface area (Å²) in [5, 5.41) is 25.9. The number of aliphatic hydroxyl groups excluding tert-OH is 1. The summed E-state index contributed by atoms with van der Waals surface area (Å²) in [6, 6.07) is 8.63. The molecular weight excluding hydrogens is 285 g/mol. The van der Waals surface area contributed by atoms with Crippen molar-refractivity contribution in [3.8, 4) is 5.75 Å². The van der Waals surface area contributed by atoms with Crippen LogP contribution in [0.3, 0.4) is 0 Å². The fraction of sp³-hybridized carbons (Fsp3) is 0.143. The Morgan fingerprint density at radius 2 is 1.62 bits per heavy atom. The highest BCUT2D eigenvalue weighted by Crippen LogP contribution is 2.32. The van der Waals surface area contributed by atoms with Crippen molar-refractivity contribution < 1.29 is 23.4 Å². The maximum absolute atomic E-state index is 12.5. The number of phenols is 1. The highest BCUT2D eigenvalue weighted by atomic mass is 19.4. The van der Waals surface area contributed by atoms with Gasteiger partial charge in [-0.15, -0.1) is 0 Å². The van der Waals surface area contributed by atoms with Crippen LogP contribution in [0.1, 0.15) is 11.1 Å². The Morgan fingerprint density at radius 3 is 2.24 bits per heavy atom. The minimum Gasteiger partial charge on any atom is -0.508 e. The Balaban J connectivity index is 2.25. The smallest absolute Gasteiger partial charge is 0.416 e. The summed E-state index contributed by atoms with van der Waals surface area (Å²) in [7, 11) is 0. The zero-order valence-electron chi connectivity index (χ0n) is 10.7. The molecule has 0 aromatic heterocycles. The summed E-state index contributed by atoms with van der Waals surface area (Å²) in [4.78, 5) is 0. The maximum atomic E-state index is 12.5. The van der Waals surface area contributed by atoms with Gasteiger partial charge in [-0.05, 0) is 36.4 Å². The molecule has 0 unspecified atom stereocenters. The quantitative estimate of drug-likeness (QED) is 0.828. The first-order valence-electron chi connectivity index (χ1n) is 5.92.